The highest BCUT2D eigenvalue weighted by Gasteiger charge is 2.02. The van der Waals surface area contributed by atoms with Crippen LogP contribution in [0.15, 0.2) is 24.3 Å². The van der Waals surface area contributed by atoms with Gasteiger partial charge in [0.25, 0.3) is 0 Å². The summed E-state index contributed by atoms with van der Waals surface area (Å²) in [6, 6.07) is 7.06. The number of anilines is 1. The van der Waals surface area contributed by atoms with E-state index in [1.165, 1.54) is 0 Å². The molecule has 1 aromatic rings. The van der Waals surface area contributed by atoms with Gasteiger partial charge in [0.05, 0.1) is 0 Å². The van der Waals surface area contributed by atoms with Crippen LogP contribution in [0.25, 0.3) is 0 Å². The molecule has 1 aromatic carbocycles. The summed E-state index contributed by atoms with van der Waals surface area (Å²) in [4.78, 5) is 11.5. The molecule has 6 heteroatoms. The molecule has 1 atom stereocenters. The van der Waals surface area contributed by atoms with Crippen molar-refractivity contribution in [2.45, 2.75) is 13.5 Å². The number of benzene rings is 1. The molecule has 5 nitrogen and oxygen atoms in total. The predicted molar refractivity (Wildman–Crippen MR) is 74.9 cm³/mol. The third kappa shape index (κ3) is 5.29. The average Bonchev–Trinajstić information content (AvgIpc) is 2.38. The molecule has 0 fully saturated rings. The lowest BCUT2D eigenvalue weighted by atomic mass is 10.2. The Morgan fingerprint density at radius 3 is 2.89 bits per heavy atom. The molecule has 0 saturated carbocycles. The van der Waals surface area contributed by atoms with E-state index in [0.29, 0.717) is 30.3 Å². The summed E-state index contributed by atoms with van der Waals surface area (Å²) in [5.74, 6) is 1.09. The molecular weight excluding hydrogens is 250 g/mol. The molecule has 0 radical (unpaired) electrons. The molecule has 0 saturated heterocycles. The Hall–Kier alpha value is -1.40. The number of carbonyl (C=O) groups excluding carboxylic acids is 1. The predicted octanol–water partition coefficient (Wildman–Crippen LogP) is 1.04. The molecule has 18 heavy (non-hydrogen) atoms. The van der Waals surface area contributed by atoms with Gasteiger partial charge in [-0.15, -0.1) is 0 Å². The molecule has 0 spiro atoms. The van der Waals surface area contributed by atoms with Gasteiger partial charge in [0.1, 0.15) is 0 Å². The van der Waals surface area contributed by atoms with Crippen LogP contribution in [0.5, 0.6) is 0 Å². The second-order valence-corrected chi connectivity index (χ2v) is 5.58. The number of hydrogen-bond donors (Lipinski definition) is 3. The van der Waals surface area contributed by atoms with Crippen LogP contribution in [-0.4, -0.2) is 28.3 Å². The third-order valence-electron chi connectivity index (χ3n) is 2.36. The Labute approximate surface area is 110 Å². The van der Waals surface area contributed by atoms with Crippen molar-refractivity contribution < 1.29 is 9.00 Å². The first-order valence-electron chi connectivity index (χ1n) is 5.84. The molecule has 0 bridgehead atoms. The van der Waals surface area contributed by atoms with Crippen LogP contribution < -0.4 is 16.4 Å². The third-order valence-corrected chi connectivity index (χ3v) is 3.66. The zero-order valence-corrected chi connectivity index (χ0v) is 11.3. The van der Waals surface area contributed by atoms with Crippen LogP contribution in [0.2, 0.25) is 0 Å². The van der Waals surface area contributed by atoms with E-state index in [1.807, 2.05) is 25.1 Å². The van der Waals surface area contributed by atoms with Gasteiger partial charge in [-0.1, -0.05) is 19.1 Å². The van der Waals surface area contributed by atoms with Crippen molar-refractivity contribution >= 4 is 22.5 Å². The lowest BCUT2D eigenvalue weighted by Crippen LogP contribution is -2.32. The summed E-state index contributed by atoms with van der Waals surface area (Å²) in [5.41, 5.74) is 7.18. The number of amides is 2. The summed E-state index contributed by atoms with van der Waals surface area (Å²) in [6.07, 6.45) is 0. The maximum Gasteiger partial charge on any atom is 0.319 e. The highest BCUT2D eigenvalue weighted by Crippen LogP contribution is 2.09. The Bertz CT molecular complexity index is 424. The van der Waals surface area contributed by atoms with Crippen LogP contribution in [0.3, 0.4) is 0 Å². The normalized spacial score (nSPS) is 11.9. The van der Waals surface area contributed by atoms with E-state index in [1.54, 1.807) is 6.07 Å². The molecule has 2 amide bonds. The van der Waals surface area contributed by atoms with E-state index in [2.05, 4.69) is 10.6 Å². The van der Waals surface area contributed by atoms with Gasteiger partial charge in [-0.2, -0.15) is 0 Å². The fourth-order valence-corrected chi connectivity index (χ4v) is 1.99. The summed E-state index contributed by atoms with van der Waals surface area (Å²) in [6.45, 7) is 2.70. The number of rotatable bonds is 6. The van der Waals surface area contributed by atoms with Crippen molar-refractivity contribution in [1.82, 2.24) is 5.32 Å². The first-order chi connectivity index (χ1) is 8.65. The SMILES string of the molecule is CCS(=O)CCNC(=O)Nc1cccc(CN)c1. The van der Waals surface area contributed by atoms with Crippen molar-refractivity contribution in [2.75, 3.05) is 23.4 Å². The Morgan fingerprint density at radius 2 is 2.22 bits per heavy atom. The van der Waals surface area contributed by atoms with E-state index in [9.17, 15) is 9.00 Å². The van der Waals surface area contributed by atoms with Gasteiger partial charge in [0.2, 0.25) is 0 Å². The number of carbonyl (C=O) groups is 1. The minimum absolute atomic E-state index is 0.294. The fraction of sp³-hybridized carbons (Fsp3) is 0.417. The molecule has 1 rings (SSSR count). The Balaban J connectivity index is 2.37. The van der Waals surface area contributed by atoms with Crippen molar-refractivity contribution in [3.05, 3.63) is 29.8 Å². The van der Waals surface area contributed by atoms with Gasteiger partial charge in [-0.25, -0.2) is 4.79 Å². The van der Waals surface area contributed by atoms with Crippen LogP contribution in [0.1, 0.15) is 12.5 Å². The first kappa shape index (κ1) is 14.7. The molecule has 0 aromatic heterocycles. The number of hydrogen-bond acceptors (Lipinski definition) is 3. The number of nitrogens with two attached hydrogens (primary N) is 1. The largest absolute Gasteiger partial charge is 0.337 e. The fourth-order valence-electron chi connectivity index (χ4n) is 1.37. The number of urea groups is 1. The molecule has 1 unspecified atom stereocenters. The highest BCUT2D eigenvalue weighted by atomic mass is 32.2. The van der Waals surface area contributed by atoms with E-state index in [4.69, 9.17) is 5.73 Å². The minimum atomic E-state index is -0.854. The van der Waals surface area contributed by atoms with Gasteiger partial charge in [0, 0.05) is 41.1 Å². The molecule has 0 aliphatic rings. The topological polar surface area (TPSA) is 84.2 Å². The molecule has 0 aliphatic heterocycles. The smallest absolute Gasteiger partial charge is 0.319 e. The van der Waals surface area contributed by atoms with E-state index in [0.717, 1.165) is 5.56 Å². The zero-order chi connectivity index (χ0) is 13.4. The van der Waals surface area contributed by atoms with Crippen molar-refractivity contribution in [1.29, 1.82) is 0 Å². The monoisotopic (exact) mass is 269 g/mol. The van der Waals surface area contributed by atoms with Crippen LogP contribution >= 0.6 is 0 Å². The van der Waals surface area contributed by atoms with Gasteiger partial charge in [-0.05, 0) is 17.7 Å². The first-order valence-corrected chi connectivity index (χ1v) is 7.33. The lowest BCUT2D eigenvalue weighted by Gasteiger charge is -2.08. The maximum absolute atomic E-state index is 11.5. The van der Waals surface area contributed by atoms with Crippen molar-refractivity contribution in [2.24, 2.45) is 5.73 Å². The van der Waals surface area contributed by atoms with Gasteiger partial charge in [0.15, 0.2) is 0 Å². The molecule has 4 N–H and O–H groups in total. The van der Waals surface area contributed by atoms with Crippen molar-refractivity contribution in [3.63, 3.8) is 0 Å². The van der Waals surface area contributed by atoms with Crippen molar-refractivity contribution in [3.8, 4) is 0 Å². The Kier molecular flexibility index (Phi) is 6.38. The van der Waals surface area contributed by atoms with Crippen LogP contribution in [0, 0.1) is 0 Å². The average molecular weight is 269 g/mol. The van der Waals surface area contributed by atoms with Crippen LogP contribution in [-0.2, 0) is 17.3 Å². The Morgan fingerprint density at radius 1 is 1.44 bits per heavy atom. The maximum atomic E-state index is 11.5. The molecule has 100 valence electrons. The van der Waals surface area contributed by atoms with Crippen LogP contribution in [0.4, 0.5) is 10.5 Å². The second kappa shape index (κ2) is 7.84. The highest BCUT2D eigenvalue weighted by molar-refractivity contribution is 7.84. The summed E-state index contributed by atoms with van der Waals surface area (Å²) >= 11 is 0. The van der Waals surface area contributed by atoms with Gasteiger partial charge < -0.3 is 16.4 Å². The lowest BCUT2D eigenvalue weighted by molar-refractivity contribution is 0.252. The standard InChI is InChI=1S/C12H19N3O2S/c1-2-18(17)7-6-14-12(16)15-11-5-3-4-10(8-11)9-13/h3-5,8H,2,6-7,9,13H2,1H3,(H2,14,15,16). The molecule has 0 heterocycles. The summed E-state index contributed by atoms with van der Waals surface area (Å²) in [7, 11) is -0.854. The van der Waals surface area contributed by atoms with E-state index in [-0.39, 0.29) is 6.03 Å². The van der Waals surface area contributed by atoms with E-state index >= 15 is 0 Å². The minimum Gasteiger partial charge on any atom is -0.337 e. The second-order valence-electron chi connectivity index (χ2n) is 3.72. The zero-order valence-electron chi connectivity index (χ0n) is 10.4. The quantitative estimate of drug-likeness (QED) is 0.721. The summed E-state index contributed by atoms with van der Waals surface area (Å²) < 4.78 is 11.2. The summed E-state index contributed by atoms with van der Waals surface area (Å²) in [5, 5.41) is 5.36. The van der Waals surface area contributed by atoms with Gasteiger partial charge in [-0.3, -0.25) is 4.21 Å². The molecular formula is C12H19N3O2S. The van der Waals surface area contributed by atoms with E-state index < -0.39 is 10.8 Å². The van der Waals surface area contributed by atoms with Gasteiger partial charge >= 0.3 is 6.03 Å². The molecule has 0 aliphatic carbocycles. The number of nitrogens with one attached hydrogen (secondary N) is 2.